The summed E-state index contributed by atoms with van der Waals surface area (Å²) in [5.74, 6) is 1.30. The molecule has 4 rings (SSSR count). The minimum absolute atomic E-state index is 0.111. The third-order valence-electron chi connectivity index (χ3n) is 5.90. The molecule has 10 heteroatoms. The van der Waals surface area contributed by atoms with Gasteiger partial charge < -0.3 is 18.8 Å². The Morgan fingerprint density at radius 1 is 1.17 bits per heavy atom. The molecular formula is C20H28N6O3S. The third-order valence-corrected chi connectivity index (χ3v) is 6.56. The number of hydrogen-bond acceptors (Lipinski definition) is 7. The Morgan fingerprint density at radius 3 is 2.60 bits per heavy atom. The standard InChI is InChI=1S/C20H28N6O3S/c1-3-26-18(21-22-20(26)30-2)15-6-4-8-25(15)14-17(27)23-9-11-24(12-10-23)19(28)16-7-5-13-29-16/h5,7,13,15H,3-4,6,8-12,14H2,1-2H3. The van der Waals surface area contributed by atoms with Crippen LogP contribution in [0.2, 0.25) is 0 Å². The molecule has 2 fully saturated rings. The number of thioether (sulfide) groups is 1. The minimum Gasteiger partial charge on any atom is -0.459 e. The Balaban J connectivity index is 1.35. The summed E-state index contributed by atoms with van der Waals surface area (Å²) < 4.78 is 7.35. The van der Waals surface area contributed by atoms with Crippen LogP contribution in [0.4, 0.5) is 0 Å². The van der Waals surface area contributed by atoms with E-state index in [0.717, 1.165) is 36.9 Å². The van der Waals surface area contributed by atoms with E-state index in [1.54, 1.807) is 28.8 Å². The molecule has 4 heterocycles. The van der Waals surface area contributed by atoms with Gasteiger partial charge in [-0.3, -0.25) is 14.5 Å². The molecule has 9 nitrogen and oxygen atoms in total. The number of nitrogens with zero attached hydrogens (tertiary/aromatic N) is 6. The van der Waals surface area contributed by atoms with Gasteiger partial charge in [0.15, 0.2) is 16.7 Å². The fourth-order valence-corrected chi connectivity index (χ4v) is 4.86. The lowest BCUT2D eigenvalue weighted by atomic mass is 10.2. The quantitative estimate of drug-likeness (QED) is 0.643. The van der Waals surface area contributed by atoms with E-state index in [2.05, 4.69) is 26.6 Å². The predicted molar refractivity (Wildman–Crippen MR) is 112 cm³/mol. The van der Waals surface area contributed by atoms with E-state index in [1.165, 1.54) is 6.26 Å². The number of hydrogen-bond donors (Lipinski definition) is 0. The summed E-state index contributed by atoms with van der Waals surface area (Å²) in [6.07, 6.45) is 5.55. The zero-order chi connectivity index (χ0) is 21.1. The van der Waals surface area contributed by atoms with Crippen LogP contribution in [-0.4, -0.2) is 86.8 Å². The van der Waals surface area contributed by atoms with Crippen molar-refractivity contribution in [1.29, 1.82) is 0 Å². The van der Waals surface area contributed by atoms with Crippen molar-refractivity contribution in [3.8, 4) is 0 Å². The maximum absolute atomic E-state index is 13.0. The largest absolute Gasteiger partial charge is 0.459 e. The third kappa shape index (κ3) is 4.11. The average Bonchev–Trinajstić information content (AvgIpc) is 3.53. The number of carbonyl (C=O) groups is 2. The summed E-state index contributed by atoms with van der Waals surface area (Å²) >= 11 is 1.60. The van der Waals surface area contributed by atoms with Gasteiger partial charge in [-0.25, -0.2) is 0 Å². The molecular weight excluding hydrogens is 404 g/mol. The topological polar surface area (TPSA) is 87.7 Å². The summed E-state index contributed by atoms with van der Waals surface area (Å²) in [5.41, 5.74) is 0. The first kappa shape index (κ1) is 20.9. The molecule has 0 N–H and O–H groups in total. The molecule has 0 aliphatic carbocycles. The number of amides is 2. The molecule has 0 bridgehead atoms. The lowest BCUT2D eigenvalue weighted by Crippen LogP contribution is -2.52. The number of rotatable bonds is 6. The molecule has 2 aromatic rings. The second-order valence-corrected chi connectivity index (χ2v) is 8.34. The number of furan rings is 1. The summed E-state index contributed by atoms with van der Waals surface area (Å²) in [6, 6.07) is 3.51. The number of piperazine rings is 1. The highest BCUT2D eigenvalue weighted by atomic mass is 32.2. The molecule has 0 spiro atoms. The van der Waals surface area contributed by atoms with Crippen molar-refractivity contribution in [2.75, 3.05) is 45.5 Å². The van der Waals surface area contributed by atoms with Crippen LogP contribution in [0.25, 0.3) is 0 Å². The van der Waals surface area contributed by atoms with Crippen LogP contribution in [0, 0.1) is 0 Å². The number of likely N-dealkylation sites (tertiary alicyclic amines) is 1. The van der Waals surface area contributed by atoms with Crippen LogP contribution in [0.3, 0.4) is 0 Å². The summed E-state index contributed by atoms with van der Waals surface area (Å²) in [4.78, 5) is 31.2. The molecule has 1 atom stereocenters. The predicted octanol–water partition coefficient (Wildman–Crippen LogP) is 1.73. The van der Waals surface area contributed by atoms with Gasteiger partial charge in [-0.15, -0.1) is 10.2 Å². The monoisotopic (exact) mass is 432 g/mol. The molecule has 2 aliphatic heterocycles. The van der Waals surface area contributed by atoms with Gasteiger partial charge in [-0.1, -0.05) is 11.8 Å². The van der Waals surface area contributed by atoms with Crippen molar-refractivity contribution in [2.45, 2.75) is 37.5 Å². The van der Waals surface area contributed by atoms with Gasteiger partial charge in [0.2, 0.25) is 5.91 Å². The minimum atomic E-state index is -0.116. The zero-order valence-corrected chi connectivity index (χ0v) is 18.3. The van der Waals surface area contributed by atoms with Crippen molar-refractivity contribution in [2.24, 2.45) is 0 Å². The van der Waals surface area contributed by atoms with Crippen LogP contribution < -0.4 is 0 Å². The molecule has 2 aliphatic rings. The van der Waals surface area contributed by atoms with Crippen LogP contribution in [-0.2, 0) is 11.3 Å². The van der Waals surface area contributed by atoms with E-state index in [1.807, 2.05) is 11.2 Å². The molecule has 0 saturated carbocycles. The highest BCUT2D eigenvalue weighted by molar-refractivity contribution is 7.98. The molecule has 2 aromatic heterocycles. The summed E-state index contributed by atoms with van der Waals surface area (Å²) in [6.45, 7) is 6.33. The van der Waals surface area contributed by atoms with Crippen LogP contribution in [0.5, 0.6) is 0 Å². The first-order chi connectivity index (χ1) is 14.6. The van der Waals surface area contributed by atoms with Crippen molar-refractivity contribution in [3.05, 3.63) is 30.0 Å². The number of aromatic nitrogens is 3. The molecule has 0 radical (unpaired) electrons. The SMILES string of the molecule is CCn1c(SC)nnc1C1CCCN1CC(=O)N1CCN(C(=O)c2ccco2)CC1. The fraction of sp³-hybridized carbons (Fsp3) is 0.600. The van der Waals surface area contributed by atoms with E-state index in [-0.39, 0.29) is 17.9 Å². The van der Waals surface area contributed by atoms with Gasteiger partial charge >= 0.3 is 0 Å². The van der Waals surface area contributed by atoms with E-state index in [4.69, 9.17) is 4.42 Å². The molecule has 2 saturated heterocycles. The Bertz CT molecular complexity index is 875. The second-order valence-electron chi connectivity index (χ2n) is 7.57. The van der Waals surface area contributed by atoms with Crippen LogP contribution in [0.1, 0.15) is 42.2 Å². The van der Waals surface area contributed by atoms with Crippen molar-refractivity contribution in [1.82, 2.24) is 29.5 Å². The first-order valence-corrected chi connectivity index (χ1v) is 11.7. The van der Waals surface area contributed by atoms with Crippen molar-refractivity contribution >= 4 is 23.6 Å². The highest BCUT2D eigenvalue weighted by Crippen LogP contribution is 2.32. The first-order valence-electron chi connectivity index (χ1n) is 10.4. The molecule has 162 valence electrons. The van der Waals surface area contributed by atoms with Gasteiger partial charge in [0, 0.05) is 32.7 Å². The molecule has 30 heavy (non-hydrogen) atoms. The van der Waals surface area contributed by atoms with Crippen molar-refractivity contribution in [3.63, 3.8) is 0 Å². The summed E-state index contributed by atoms with van der Waals surface area (Å²) in [5, 5.41) is 9.66. The molecule has 1 unspecified atom stereocenters. The lowest BCUT2D eigenvalue weighted by Gasteiger charge is -2.35. The normalized spacial score (nSPS) is 20.1. The summed E-state index contributed by atoms with van der Waals surface area (Å²) in [7, 11) is 0. The lowest BCUT2D eigenvalue weighted by molar-refractivity contribution is -0.134. The maximum atomic E-state index is 13.0. The van der Waals surface area contributed by atoms with E-state index in [0.29, 0.717) is 38.5 Å². The van der Waals surface area contributed by atoms with Gasteiger partial charge in [-0.05, 0) is 44.7 Å². The Morgan fingerprint density at radius 2 is 1.93 bits per heavy atom. The smallest absolute Gasteiger partial charge is 0.289 e. The van der Waals surface area contributed by atoms with E-state index < -0.39 is 0 Å². The van der Waals surface area contributed by atoms with E-state index in [9.17, 15) is 9.59 Å². The van der Waals surface area contributed by atoms with Crippen LogP contribution in [0.15, 0.2) is 28.0 Å². The van der Waals surface area contributed by atoms with Crippen molar-refractivity contribution < 1.29 is 14.0 Å². The van der Waals surface area contributed by atoms with E-state index >= 15 is 0 Å². The Hall–Kier alpha value is -2.33. The highest BCUT2D eigenvalue weighted by Gasteiger charge is 2.34. The fourth-order valence-electron chi connectivity index (χ4n) is 4.29. The average molecular weight is 433 g/mol. The van der Waals surface area contributed by atoms with Crippen LogP contribution >= 0.6 is 11.8 Å². The maximum Gasteiger partial charge on any atom is 0.289 e. The van der Waals surface area contributed by atoms with Gasteiger partial charge in [0.25, 0.3) is 5.91 Å². The zero-order valence-electron chi connectivity index (χ0n) is 17.5. The van der Waals surface area contributed by atoms with Gasteiger partial charge in [0.1, 0.15) is 0 Å². The Kier molecular flexibility index (Phi) is 6.43. The Labute approximate surface area is 180 Å². The molecule has 0 aromatic carbocycles. The second kappa shape index (κ2) is 9.22. The van der Waals surface area contributed by atoms with Gasteiger partial charge in [0.05, 0.1) is 18.8 Å². The van der Waals surface area contributed by atoms with Gasteiger partial charge in [-0.2, -0.15) is 0 Å². The molecule has 2 amide bonds. The number of carbonyl (C=O) groups excluding carboxylic acids is 2.